The van der Waals surface area contributed by atoms with E-state index in [2.05, 4.69) is 0 Å². The lowest BCUT2D eigenvalue weighted by molar-refractivity contribution is -0.138. The number of hydrogen-bond acceptors (Lipinski definition) is 8. The van der Waals surface area contributed by atoms with Gasteiger partial charge < -0.3 is 9.47 Å². The first-order chi connectivity index (χ1) is 16.6. The Morgan fingerprint density at radius 2 is 1.43 bits per heavy atom. The molecule has 6 nitrogen and oxygen atoms in total. The first-order valence-electron chi connectivity index (χ1n) is 10.7. The standard InChI is InChI=1S/C26H23NO5S3/c1-14-10-12-15(13-11-14)22(28)27-17-9-7-6-8-16(17)18(21(33)26(27,2)3)25-34-19(23(29)31-4)20(35-25)24(30)32-5/h6-13H,1-5H3. The van der Waals surface area contributed by atoms with E-state index in [-0.39, 0.29) is 15.7 Å². The van der Waals surface area contributed by atoms with Crippen LogP contribution in [0.5, 0.6) is 0 Å². The van der Waals surface area contributed by atoms with E-state index in [1.807, 2.05) is 69.3 Å². The van der Waals surface area contributed by atoms with Crippen molar-refractivity contribution in [1.82, 2.24) is 0 Å². The SMILES string of the molecule is COC(=O)C1=C(C(=O)OC)SC(=C2C(=S)C(C)(C)N(C(=O)c3ccc(C)cc3)c3ccccc32)S1. The lowest BCUT2D eigenvalue weighted by Crippen LogP contribution is -2.55. The zero-order chi connectivity index (χ0) is 25.5. The third kappa shape index (κ3) is 4.32. The molecule has 9 heteroatoms. The van der Waals surface area contributed by atoms with E-state index in [0.29, 0.717) is 25.9 Å². The molecule has 1 amide bonds. The van der Waals surface area contributed by atoms with Gasteiger partial charge in [0.05, 0.1) is 34.5 Å². The monoisotopic (exact) mass is 525 g/mol. The maximum absolute atomic E-state index is 13.7. The van der Waals surface area contributed by atoms with Gasteiger partial charge in [-0.1, -0.05) is 71.6 Å². The maximum Gasteiger partial charge on any atom is 0.346 e. The minimum absolute atomic E-state index is 0.156. The molecule has 0 bridgehead atoms. The molecule has 180 valence electrons. The Kier molecular flexibility index (Phi) is 6.95. The Morgan fingerprint density at radius 1 is 0.886 bits per heavy atom. The van der Waals surface area contributed by atoms with Gasteiger partial charge in [-0.05, 0) is 39.0 Å². The summed E-state index contributed by atoms with van der Waals surface area (Å²) in [4.78, 5) is 41.1. The van der Waals surface area contributed by atoms with Gasteiger partial charge >= 0.3 is 11.9 Å². The van der Waals surface area contributed by atoms with Gasteiger partial charge in [-0.2, -0.15) is 0 Å². The van der Waals surface area contributed by atoms with Crippen molar-refractivity contribution in [2.24, 2.45) is 0 Å². The molecule has 35 heavy (non-hydrogen) atoms. The van der Waals surface area contributed by atoms with Gasteiger partial charge in [0.2, 0.25) is 0 Å². The van der Waals surface area contributed by atoms with Crippen molar-refractivity contribution >= 4 is 69.7 Å². The number of esters is 2. The van der Waals surface area contributed by atoms with Gasteiger partial charge in [-0.25, -0.2) is 9.59 Å². The molecular weight excluding hydrogens is 502 g/mol. The third-order valence-electron chi connectivity index (χ3n) is 5.80. The molecule has 2 aliphatic heterocycles. The number of benzene rings is 2. The maximum atomic E-state index is 13.7. The highest BCUT2D eigenvalue weighted by Crippen LogP contribution is 2.56. The molecule has 0 N–H and O–H groups in total. The number of carbonyl (C=O) groups excluding carboxylic acids is 3. The van der Waals surface area contributed by atoms with Crippen molar-refractivity contribution in [3.05, 3.63) is 79.3 Å². The van der Waals surface area contributed by atoms with Gasteiger partial charge in [0.25, 0.3) is 5.91 Å². The number of methoxy groups -OCH3 is 2. The van der Waals surface area contributed by atoms with Crippen LogP contribution in [0.1, 0.15) is 35.3 Å². The fourth-order valence-corrected chi connectivity index (χ4v) is 6.99. The minimum Gasteiger partial charge on any atom is -0.465 e. The Labute approximate surface area is 217 Å². The van der Waals surface area contributed by atoms with Crippen LogP contribution >= 0.6 is 35.7 Å². The van der Waals surface area contributed by atoms with Crippen molar-refractivity contribution < 1.29 is 23.9 Å². The van der Waals surface area contributed by atoms with Crippen molar-refractivity contribution in [3.63, 3.8) is 0 Å². The fourth-order valence-electron chi connectivity index (χ4n) is 3.96. The number of nitrogens with zero attached hydrogens (tertiary/aromatic N) is 1. The van der Waals surface area contributed by atoms with Crippen LogP contribution in [0.2, 0.25) is 0 Å². The van der Waals surface area contributed by atoms with Gasteiger partial charge in [0.15, 0.2) is 0 Å². The lowest BCUT2D eigenvalue weighted by atomic mass is 9.83. The molecule has 0 aliphatic carbocycles. The highest BCUT2D eigenvalue weighted by atomic mass is 32.2. The van der Waals surface area contributed by atoms with Crippen LogP contribution < -0.4 is 4.90 Å². The summed E-state index contributed by atoms with van der Waals surface area (Å²) in [5.74, 6) is -1.41. The largest absolute Gasteiger partial charge is 0.465 e. The van der Waals surface area contributed by atoms with Crippen LogP contribution in [-0.2, 0) is 19.1 Å². The molecule has 2 aliphatic rings. The third-order valence-corrected chi connectivity index (χ3v) is 9.06. The predicted molar refractivity (Wildman–Crippen MR) is 144 cm³/mol. The van der Waals surface area contributed by atoms with Gasteiger partial charge in [0.1, 0.15) is 9.81 Å². The lowest BCUT2D eigenvalue weighted by Gasteiger charge is -2.45. The average molecular weight is 526 g/mol. The van der Waals surface area contributed by atoms with Crippen LogP contribution in [0.25, 0.3) is 5.57 Å². The number of fused-ring (bicyclic) bond motifs is 1. The van der Waals surface area contributed by atoms with E-state index in [1.54, 1.807) is 4.90 Å². The summed E-state index contributed by atoms with van der Waals surface area (Å²) in [5.41, 5.74) is 2.92. The van der Waals surface area contributed by atoms with Crippen LogP contribution in [0.4, 0.5) is 5.69 Å². The molecule has 0 atom stereocenters. The number of anilines is 1. The van der Waals surface area contributed by atoms with E-state index < -0.39 is 17.5 Å². The average Bonchev–Trinajstić information content (AvgIpc) is 3.29. The zero-order valence-corrected chi connectivity index (χ0v) is 22.3. The molecule has 0 radical (unpaired) electrons. The number of thioether (sulfide) groups is 2. The Hall–Kier alpha value is -2.88. The second-order valence-corrected chi connectivity index (χ2v) is 11.1. The summed E-state index contributed by atoms with van der Waals surface area (Å²) in [6.45, 7) is 5.77. The number of carbonyl (C=O) groups is 3. The van der Waals surface area contributed by atoms with Crippen molar-refractivity contribution in [2.75, 3.05) is 19.1 Å². The number of aryl methyl sites for hydroxylation is 1. The fraction of sp³-hybridized carbons (Fsp3) is 0.231. The highest BCUT2D eigenvalue weighted by molar-refractivity contribution is 8.29. The van der Waals surface area contributed by atoms with Crippen molar-refractivity contribution in [1.29, 1.82) is 0 Å². The predicted octanol–water partition coefficient (Wildman–Crippen LogP) is 5.51. The Bertz CT molecular complexity index is 1290. The van der Waals surface area contributed by atoms with Gasteiger partial charge in [-0.3, -0.25) is 9.69 Å². The number of para-hydroxylation sites is 1. The summed E-state index contributed by atoms with van der Waals surface area (Å²) < 4.78 is 10.4. The summed E-state index contributed by atoms with van der Waals surface area (Å²) in [7, 11) is 2.53. The van der Waals surface area contributed by atoms with Crippen LogP contribution in [0.3, 0.4) is 0 Å². The first kappa shape index (κ1) is 25.2. The molecule has 0 unspecified atom stereocenters. The quantitative estimate of drug-likeness (QED) is 0.295. The smallest absolute Gasteiger partial charge is 0.346 e. The molecule has 0 aromatic heterocycles. The second kappa shape index (κ2) is 9.64. The zero-order valence-electron chi connectivity index (χ0n) is 19.8. The van der Waals surface area contributed by atoms with Crippen molar-refractivity contribution in [2.45, 2.75) is 26.3 Å². The van der Waals surface area contributed by atoms with E-state index in [1.165, 1.54) is 14.2 Å². The van der Waals surface area contributed by atoms with Crippen LogP contribution in [0.15, 0.2) is 62.6 Å². The Balaban J connectivity index is 1.87. The van der Waals surface area contributed by atoms with E-state index in [0.717, 1.165) is 34.7 Å². The molecule has 0 fully saturated rings. The molecule has 2 heterocycles. The first-order valence-corrected chi connectivity index (χ1v) is 12.7. The van der Waals surface area contributed by atoms with Crippen LogP contribution in [0, 0.1) is 6.92 Å². The molecular formula is C26H23NO5S3. The summed E-state index contributed by atoms with van der Waals surface area (Å²) in [6, 6.07) is 14.9. The van der Waals surface area contributed by atoms with Crippen molar-refractivity contribution in [3.8, 4) is 0 Å². The normalized spacial score (nSPS) is 16.8. The highest BCUT2D eigenvalue weighted by Gasteiger charge is 2.46. The molecule has 2 aromatic rings. The summed E-state index contributed by atoms with van der Waals surface area (Å²) in [6.07, 6.45) is 0. The number of amides is 1. The second-order valence-electron chi connectivity index (χ2n) is 8.42. The number of hydrogen-bond donors (Lipinski definition) is 0. The molecule has 2 aromatic carbocycles. The van der Waals surface area contributed by atoms with E-state index in [9.17, 15) is 14.4 Å². The van der Waals surface area contributed by atoms with Gasteiger partial charge in [-0.15, -0.1) is 0 Å². The van der Waals surface area contributed by atoms with Gasteiger partial charge in [0, 0.05) is 16.7 Å². The minimum atomic E-state index is -0.867. The number of rotatable bonds is 3. The van der Waals surface area contributed by atoms with Crippen LogP contribution in [-0.4, -0.2) is 42.5 Å². The van der Waals surface area contributed by atoms with E-state index >= 15 is 0 Å². The Morgan fingerprint density at radius 3 is 1.97 bits per heavy atom. The molecule has 4 rings (SSSR count). The molecule has 0 saturated heterocycles. The molecule has 0 saturated carbocycles. The topological polar surface area (TPSA) is 72.9 Å². The summed E-state index contributed by atoms with van der Waals surface area (Å²) >= 11 is 8.25. The number of ether oxygens (including phenoxy) is 2. The number of thiocarbonyl (C=S) groups is 1. The van der Waals surface area contributed by atoms with E-state index in [4.69, 9.17) is 21.7 Å². The molecule has 0 spiro atoms. The summed E-state index contributed by atoms with van der Waals surface area (Å²) in [5, 5.41) is 0.